The summed E-state index contributed by atoms with van der Waals surface area (Å²) in [6.45, 7) is 8.77. The SMILES string of the molecule is CC(C)(O)C(C)(C)OB(O)c1cccnc1N1CCCC1. The Morgan fingerprint density at radius 1 is 1.24 bits per heavy atom. The largest absolute Gasteiger partial charge is 0.495 e. The molecule has 6 heteroatoms. The highest BCUT2D eigenvalue weighted by atomic mass is 16.5. The average molecular weight is 292 g/mol. The standard InChI is InChI=1S/C15H25BN2O3/c1-14(2,19)15(3,4)21-16(20)12-8-7-9-17-13(12)18-10-5-6-11-18/h7-9,19-20H,5-6,10-11H2,1-4H3. The highest BCUT2D eigenvalue weighted by Crippen LogP contribution is 2.26. The summed E-state index contributed by atoms with van der Waals surface area (Å²) >= 11 is 0. The molecule has 5 nitrogen and oxygen atoms in total. The van der Waals surface area contributed by atoms with Crippen LogP contribution < -0.4 is 10.4 Å². The molecule has 0 radical (unpaired) electrons. The zero-order chi connectivity index (χ0) is 15.7. The minimum absolute atomic E-state index is 0.650. The van der Waals surface area contributed by atoms with Crippen molar-refractivity contribution in [1.82, 2.24) is 4.98 Å². The molecule has 1 aromatic heterocycles. The van der Waals surface area contributed by atoms with Gasteiger partial charge in [-0.1, -0.05) is 6.07 Å². The second kappa shape index (κ2) is 5.95. The van der Waals surface area contributed by atoms with E-state index < -0.39 is 18.3 Å². The first-order chi connectivity index (χ1) is 9.72. The van der Waals surface area contributed by atoms with Crippen LogP contribution in [0.15, 0.2) is 18.3 Å². The average Bonchev–Trinajstić information content (AvgIpc) is 2.90. The van der Waals surface area contributed by atoms with Gasteiger partial charge in [-0.05, 0) is 46.6 Å². The van der Waals surface area contributed by atoms with Gasteiger partial charge in [-0.2, -0.15) is 0 Å². The third kappa shape index (κ3) is 3.57. The van der Waals surface area contributed by atoms with Gasteiger partial charge in [0.25, 0.3) is 0 Å². The van der Waals surface area contributed by atoms with Crippen LogP contribution in [0.5, 0.6) is 0 Å². The summed E-state index contributed by atoms with van der Waals surface area (Å²) in [6.07, 6.45) is 4.01. The molecule has 1 aromatic rings. The first-order valence-corrected chi connectivity index (χ1v) is 7.50. The Hall–Kier alpha value is -1.11. The maximum absolute atomic E-state index is 10.5. The molecule has 0 bridgehead atoms. The van der Waals surface area contributed by atoms with Gasteiger partial charge in [0, 0.05) is 24.7 Å². The molecule has 116 valence electrons. The summed E-state index contributed by atoms with van der Waals surface area (Å²) in [5.74, 6) is 0.772. The fraction of sp³-hybridized carbons (Fsp3) is 0.667. The second-order valence-corrected chi connectivity index (χ2v) is 6.65. The van der Waals surface area contributed by atoms with Gasteiger partial charge in [0.1, 0.15) is 5.82 Å². The number of pyridine rings is 1. The summed E-state index contributed by atoms with van der Waals surface area (Å²) in [4.78, 5) is 6.56. The van der Waals surface area contributed by atoms with Crippen molar-refractivity contribution in [3.8, 4) is 0 Å². The lowest BCUT2D eigenvalue weighted by molar-refractivity contribution is -0.0982. The number of aliphatic hydroxyl groups is 1. The molecule has 0 amide bonds. The Bertz CT molecular complexity index is 482. The molecule has 0 aromatic carbocycles. The van der Waals surface area contributed by atoms with Crippen molar-refractivity contribution in [3.63, 3.8) is 0 Å². The highest BCUT2D eigenvalue weighted by Gasteiger charge is 2.40. The van der Waals surface area contributed by atoms with E-state index in [0.717, 1.165) is 31.7 Å². The molecule has 21 heavy (non-hydrogen) atoms. The highest BCUT2D eigenvalue weighted by molar-refractivity contribution is 6.61. The lowest BCUT2D eigenvalue weighted by atomic mass is 9.76. The lowest BCUT2D eigenvalue weighted by Crippen LogP contribution is -2.53. The Morgan fingerprint density at radius 2 is 1.86 bits per heavy atom. The van der Waals surface area contributed by atoms with Gasteiger partial charge in [0.2, 0.25) is 0 Å². The topological polar surface area (TPSA) is 65.8 Å². The molecule has 1 aliphatic rings. The maximum atomic E-state index is 10.5. The van der Waals surface area contributed by atoms with E-state index in [0.29, 0.717) is 5.46 Å². The van der Waals surface area contributed by atoms with Gasteiger partial charge in [-0.15, -0.1) is 0 Å². The predicted octanol–water partition coefficient (Wildman–Crippen LogP) is 0.935. The Morgan fingerprint density at radius 3 is 2.43 bits per heavy atom. The predicted molar refractivity (Wildman–Crippen MR) is 84.8 cm³/mol. The van der Waals surface area contributed by atoms with E-state index in [-0.39, 0.29) is 0 Å². The van der Waals surface area contributed by atoms with Crippen molar-refractivity contribution >= 4 is 18.4 Å². The van der Waals surface area contributed by atoms with Crippen molar-refractivity contribution in [3.05, 3.63) is 18.3 Å². The Balaban J connectivity index is 2.21. The fourth-order valence-corrected chi connectivity index (χ4v) is 2.28. The van der Waals surface area contributed by atoms with E-state index in [9.17, 15) is 10.1 Å². The fourth-order valence-electron chi connectivity index (χ4n) is 2.28. The smallest absolute Gasteiger partial charge is 0.423 e. The number of anilines is 1. The molecular weight excluding hydrogens is 267 g/mol. The Kier molecular flexibility index (Phi) is 4.61. The summed E-state index contributed by atoms with van der Waals surface area (Å²) in [6, 6.07) is 3.62. The molecule has 2 rings (SSSR count). The van der Waals surface area contributed by atoms with Gasteiger partial charge in [0.05, 0.1) is 11.2 Å². The van der Waals surface area contributed by atoms with Crippen LogP contribution in [-0.2, 0) is 4.65 Å². The van der Waals surface area contributed by atoms with E-state index >= 15 is 0 Å². The van der Waals surface area contributed by atoms with Crippen LogP contribution >= 0.6 is 0 Å². The third-order valence-corrected chi connectivity index (χ3v) is 4.37. The molecule has 2 N–H and O–H groups in total. The van der Waals surface area contributed by atoms with E-state index in [4.69, 9.17) is 4.65 Å². The zero-order valence-corrected chi connectivity index (χ0v) is 13.3. The van der Waals surface area contributed by atoms with Crippen molar-refractivity contribution in [2.24, 2.45) is 0 Å². The third-order valence-electron chi connectivity index (χ3n) is 4.37. The van der Waals surface area contributed by atoms with E-state index in [1.807, 2.05) is 6.07 Å². The normalized spacial score (nSPS) is 16.4. The summed E-state index contributed by atoms with van der Waals surface area (Å²) < 4.78 is 5.73. The molecule has 0 spiro atoms. The van der Waals surface area contributed by atoms with Crippen LogP contribution in [0.1, 0.15) is 40.5 Å². The van der Waals surface area contributed by atoms with Crippen LogP contribution in [0.4, 0.5) is 5.82 Å². The number of hydrogen-bond donors (Lipinski definition) is 2. The minimum Gasteiger partial charge on any atom is -0.423 e. The number of aromatic nitrogens is 1. The monoisotopic (exact) mass is 292 g/mol. The Labute approximate surface area is 127 Å². The molecule has 1 saturated heterocycles. The molecule has 0 atom stereocenters. The first kappa shape index (κ1) is 16.3. The van der Waals surface area contributed by atoms with Gasteiger partial charge in [0.15, 0.2) is 0 Å². The summed E-state index contributed by atoms with van der Waals surface area (Å²) in [7, 11) is -1.12. The van der Waals surface area contributed by atoms with Crippen LogP contribution in [0.3, 0.4) is 0 Å². The maximum Gasteiger partial charge on any atom is 0.495 e. The van der Waals surface area contributed by atoms with Crippen molar-refractivity contribution in [2.75, 3.05) is 18.0 Å². The van der Waals surface area contributed by atoms with Crippen molar-refractivity contribution < 1.29 is 14.8 Å². The number of hydrogen-bond acceptors (Lipinski definition) is 5. The van der Waals surface area contributed by atoms with Crippen LogP contribution in [-0.4, -0.2) is 46.5 Å². The molecule has 0 saturated carbocycles. The van der Waals surface area contributed by atoms with E-state index in [2.05, 4.69) is 9.88 Å². The zero-order valence-electron chi connectivity index (χ0n) is 13.3. The molecule has 0 aliphatic carbocycles. The molecular formula is C15H25BN2O3. The van der Waals surface area contributed by atoms with Crippen molar-refractivity contribution in [1.29, 1.82) is 0 Å². The molecule has 1 aliphatic heterocycles. The second-order valence-electron chi connectivity index (χ2n) is 6.65. The van der Waals surface area contributed by atoms with Crippen LogP contribution in [0, 0.1) is 0 Å². The minimum atomic E-state index is -1.12. The van der Waals surface area contributed by atoms with Gasteiger partial charge < -0.3 is 19.7 Å². The lowest BCUT2D eigenvalue weighted by Gasteiger charge is -2.38. The quantitative estimate of drug-likeness (QED) is 0.791. The first-order valence-electron chi connectivity index (χ1n) is 7.50. The summed E-state index contributed by atoms with van der Waals surface area (Å²) in [5.41, 5.74) is -1.30. The van der Waals surface area contributed by atoms with Crippen LogP contribution in [0.25, 0.3) is 0 Å². The van der Waals surface area contributed by atoms with E-state index in [1.165, 1.54) is 0 Å². The molecule has 0 unspecified atom stereocenters. The molecule has 2 heterocycles. The molecule has 1 fully saturated rings. The number of rotatable bonds is 5. The van der Waals surface area contributed by atoms with Gasteiger partial charge >= 0.3 is 7.12 Å². The van der Waals surface area contributed by atoms with Gasteiger partial charge in [-0.25, -0.2) is 4.98 Å². The van der Waals surface area contributed by atoms with Crippen LogP contribution in [0.2, 0.25) is 0 Å². The number of nitrogens with zero attached hydrogens (tertiary/aromatic N) is 2. The van der Waals surface area contributed by atoms with E-state index in [1.54, 1.807) is 40.0 Å². The van der Waals surface area contributed by atoms with Gasteiger partial charge in [-0.3, -0.25) is 0 Å². The van der Waals surface area contributed by atoms with Crippen molar-refractivity contribution in [2.45, 2.75) is 51.7 Å². The summed E-state index contributed by atoms with van der Waals surface area (Å²) in [5, 5.41) is 20.6.